The Kier molecular flexibility index (Phi) is 13.6. The molecule has 0 saturated carbocycles. The van der Waals surface area contributed by atoms with Gasteiger partial charge in [-0.3, -0.25) is 0 Å². The van der Waals surface area contributed by atoms with Crippen LogP contribution in [0.15, 0.2) is 6.07 Å². The van der Waals surface area contributed by atoms with Crippen LogP contribution in [0, 0.1) is 0 Å². The normalized spacial score (nSPS) is 10.8. The molecule has 0 aliphatic heterocycles. The summed E-state index contributed by atoms with van der Waals surface area (Å²) < 4.78 is 5.61. The molecule has 0 spiro atoms. The molecule has 0 aliphatic rings. The maximum atomic E-state index is 5.76. The monoisotopic (exact) mass is 364 g/mol. The summed E-state index contributed by atoms with van der Waals surface area (Å²) in [6.45, 7) is 6.00. The lowest BCUT2D eigenvalue weighted by Gasteiger charge is -2.09. The SMILES string of the molecule is CCCCCCCCCCCCCNc1cc(OCCCC)nc(N)n1. The Labute approximate surface area is 160 Å². The molecule has 150 valence electrons. The van der Waals surface area contributed by atoms with Crippen LogP contribution in [0.5, 0.6) is 5.88 Å². The summed E-state index contributed by atoms with van der Waals surface area (Å²) in [7, 11) is 0. The summed E-state index contributed by atoms with van der Waals surface area (Å²) in [4.78, 5) is 8.35. The van der Waals surface area contributed by atoms with E-state index in [9.17, 15) is 0 Å². The average molecular weight is 365 g/mol. The lowest BCUT2D eigenvalue weighted by atomic mass is 10.1. The minimum atomic E-state index is 0.264. The van der Waals surface area contributed by atoms with Crippen LogP contribution in [0.1, 0.15) is 97.3 Å². The highest BCUT2D eigenvalue weighted by atomic mass is 16.5. The quantitative estimate of drug-likeness (QED) is 0.334. The highest BCUT2D eigenvalue weighted by Gasteiger charge is 2.03. The third-order valence-electron chi connectivity index (χ3n) is 4.55. The molecule has 0 fully saturated rings. The van der Waals surface area contributed by atoms with Gasteiger partial charge in [0.25, 0.3) is 0 Å². The van der Waals surface area contributed by atoms with Crippen molar-refractivity contribution in [2.24, 2.45) is 0 Å². The van der Waals surface area contributed by atoms with Crippen LogP contribution in [0.2, 0.25) is 0 Å². The van der Waals surface area contributed by atoms with Crippen LogP contribution in [0.4, 0.5) is 11.8 Å². The molecule has 1 aromatic heterocycles. The van der Waals surface area contributed by atoms with Gasteiger partial charge in [0.15, 0.2) is 0 Å². The average Bonchev–Trinajstić information content (AvgIpc) is 2.62. The molecule has 3 N–H and O–H groups in total. The molecule has 0 aliphatic carbocycles. The summed E-state index contributed by atoms with van der Waals surface area (Å²) >= 11 is 0. The predicted octanol–water partition coefficient (Wildman–Crippen LogP) is 5.96. The predicted molar refractivity (Wildman–Crippen MR) is 112 cm³/mol. The van der Waals surface area contributed by atoms with Gasteiger partial charge >= 0.3 is 0 Å². The first-order valence-corrected chi connectivity index (χ1v) is 10.8. The third-order valence-corrected chi connectivity index (χ3v) is 4.55. The van der Waals surface area contributed by atoms with Crippen molar-refractivity contribution in [1.82, 2.24) is 9.97 Å². The molecular weight excluding hydrogens is 324 g/mol. The topological polar surface area (TPSA) is 73.1 Å². The van der Waals surface area contributed by atoms with Gasteiger partial charge in [-0.15, -0.1) is 0 Å². The Bertz CT molecular complexity index is 454. The number of nitrogen functional groups attached to an aromatic ring is 1. The van der Waals surface area contributed by atoms with E-state index in [-0.39, 0.29) is 5.95 Å². The minimum absolute atomic E-state index is 0.264. The van der Waals surface area contributed by atoms with Crippen LogP contribution in [0.3, 0.4) is 0 Å². The molecule has 1 aromatic rings. The van der Waals surface area contributed by atoms with Crippen LogP contribution < -0.4 is 15.8 Å². The molecule has 26 heavy (non-hydrogen) atoms. The molecule has 5 heteroatoms. The van der Waals surface area contributed by atoms with Gasteiger partial charge in [-0.25, -0.2) is 0 Å². The lowest BCUT2D eigenvalue weighted by molar-refractivity contribution is 0.298. The van der Waals surface area contributed by atoms with Crippen molar-refractivity contribution < 1.29 is 4.74 Å². The largest absolute Gasteiger partial charge is 0.477 e. The summed E-state index contributed by atoms with van der Waals surface area (Å²) in [5.41, 5.74) is 5.76. The molecule has 1 rings (SSSR count). The number of nitrogens with two attached hydrogens (primary N) is 1. The van der Waals surface area contributed by atoms with Gasteiger partial charge in [-0.1, -0.05) is 84.5 Å². The van der Waals surface area contributed by atoms with Crippen molar-refractivity contribution >= 4 is 11.8 Å². The molecule has 0 unspecified atom stereocenters. The van der Waals surface area contributed by atoms with Gasteiger partial charge in [0.2, 0.25) is 11.8 Å². The van der Waals surface area contributed by atoms with Crippen molar-refractivity contribution in [2.75, 3.05) is 24.2 Å². The van der Waals surface area contributed by atoms with E-state index in [1.54, 1.807) is 0 Å². The molecule has 0 atom stereocenters. The van der Waals surface area contributed by atoms with Crippen LogP contribution >= 0.6 is 0 Å². The van der Waals surface area contributed by atoms with Crippen molar-refractivity contribution in [3.63, 3.8) is 0 Å². The molecule has 1 heterocycles. The Morgan fingerprint density at radius 3 is 2.00 bits per heavy atom. The van der Waals surface area contributed by atoms with Crippen molar-refractivity contribution in [3.05, 3.63) is 6.07 Å². The number of hydrogen-bond acceptors (Lipinski definition) is 5. The van der Waals surface area contributed by atoms with E-state index in [1.807, 2.05) is 6.07 Å². The number of unbranched alkanes of at least 4 members (excludes halogenated alkanes) is 11. The Hall–Kier alpha value is -1.52. The lowest BCUT2D eigenvalue weighted by Crippen LogP contribution is -2.08. The standard InChI is InChI=1S/C21H40N4O/c1-3-5-7-8-9-10-11-12-13-14-15-16-23-19-18-20(25-21(22)24-19)26-17-6-4-2/h18H,3-17H2,1-2H3,(H3,22,23,24,25). The van der Waals surface area contributed by atoms with Gasteiger partial charge < -0.3 is 15.8 Å². The van der Waals surface area contributed by atoms with Crippen LogP contribution in [-0.2, 0) is 0 Å². The van der Waals surface area contributed by atoms with Gasteiger partial charge in [0, 0.05) is 12.6 Å². The van der Waals surface area contributed by atoms with E-state index in [0.29, 0.717) is 12.5 Å². The van der Waals surface area contributed by atoms with E-state index < -0.39 is 0 Å². The molecule has 0 aromatic carbocycles. The van der Waals surface area contributed by atoms with Gasteiger partial charge in [-0.2, -0.15) is 9.97 Å². The first kappa shape index (κ1) is 22.5. The zero-order valence-electron chi connectivity index (χ0n) is 17.1. The zero-order chi connectivity index (χ0) is 18.9. The molecule has 0 amide bonds. The van der Waals surface area contributed by atoms with Crippen molar-refractivity contribution in [2.45, 2.75) is 97.3 Å². The Balaban J connectivity index is 2.03. The number of ether oxygens (including phenoxy) is 1. The highest BCUT2D eigenvalue weighted by Crippen LogP contribution is 2.16. The van der Waals surface area contributed by atoms with E-state index in [2.05, 4.69) is 29.1 Å². The van der Waals surface area contributed by atoms with Crippen molar-refractivity contribution in [3.8, 4) is 5.88 Å². The van der Waals surface area contributed by atoms with Crippen molar-refractivity contribution in [1.29, 1.82) is 0 Å². The fraction of sp³-hybridized carbons (Fsp3) is 0.810. The second-order valence-electron chi connectivity index (χ2n) is 7.11. The van der Waals surface area contributed by atoms with E-state index in [1.165, 1.54) is 64.2 Å². The van der Waals surface area contributed by atoms with Gasteiger partial charge in [0.1, 0.15) is 5.82 Å². The number of hydrogen-bond donors (Lipinski definition) is 2. The van der Waals surface area contributed by atoms with E-state index >= 15 is 0 Å². The zero-order valence-corrected chi connectivity index (χ0v) is 17.1. The molecular formula is C21H40N4O. The first-order valence-electron chi connectivity index (χ1n) is 10.8. The number of rotatable bonds is 17. The highest BCUT2D eigenvalue weighted by molar-refractivity contribution is 5.42. The molecule has 0 bridgehead atoms. The number of aromatic nitrogens is 2. The second-order valence-corrected chi connectivity index (χ2v) is 7.11. The van der Waals surface area contributed by atoms with Gasteiger partial charge in [0.05, 0.1) is 6.61 Å². The number of nitrogens with one attached hydrogen (secondary N) is 1. The smallest absolute Gasteiger partial charge is 0.225 e. The summed E-state index contributed by atoms with van der Waals surface area (Å²) in [6, 6.07) is 1.84. The van der Waals surface area contributed by atoms with E-state index in [4.69, 9.17) is 10.5 Å². The second kappa shape index (κ2) is 15.7. The molecule has 0 radical (unpaired) electrons. The first-order chi connectivity index (χ1) is 12.8. The molecule has 5 nitrogen and oxygen atoms in total. The molecule has 0 saturated heterocycles. The summed E-state index contributed by atoms with van der Waals surface area (Å²) in [6.07, 6.45) is 17.0. The maximum Gasteiger partial charge on any atom is 0.225 e. The fourth-order valence-electron chi connectivity index (χ4n) is 2.93. The Morgan fingerprint density at radius 1 is 0.808 bits per heavy atom. The summed E-state index contributed by atoms with van der Waals surface area (Å²) in [5, 5.41) is 3.34. The Morgan fingerprint density at radius 2 is 1.38 bits per heavy atom. The van der Waals surface area contributed by atoms with Gasteiger partial charge in [-0.05, 0) is 12.8 Å². The fourth-order valence-corrected chi connectivity index (χ4v) is 2.93. The van der Waals surface area contributed by atoms with Crippen LogP contribution in [0.25, 0.3) is 0 Å². The minimum Gasteiger partial charge on any atom is -0.477 e. The summed E-state index contributed by atoms with van der Waals surface area (Å²) in [5.74, 6) is 1.59. The third kappa shape index (κ3) is 11.9. The maximum absolute atomic E-state index is 5.76. The number of nitrogens with zero attached hydrogens (tertiary/aromatic N) is 2. The number of anilines is 2. The van der Waals surface area contributed by atoms with Crippen LogP contribution in [-0.4, -0.2) is 23.1 Å². The van der Waals surface area contributed by atoms with E-state index in [0.717, 1.165) is 31.6 Å².